The van der Waals surface area contributed by atoms with Crippen molar-refractivity contribution in [1.82, 2.24) is 0 Å². The zero-order valence-corrected chi connectivity index (χ0v) is 12.9. The standard InChI is InChI=1S/C19H16O4/c1-12-11-23-17-10-8-15(19(21)18(12)17)16(20)9-5-13-3-6-14(22-2)7-4-13/h3-11,21H,1-2H3/b9-5+. The number of methoxy groups -OCH3 is 1. The highest BCUT2D eigenvalue weighted by atomic mass is 16.5. The Bertz CT molecular complexity index is 886. The minimum atomic E-state index is -0.263. The molecular formula is C19H16O4. The first-order chi connectivity index (χ1) is 11.1. The zero-order valence-electron chi connectivity index (χ0n) is 12.9. The van der Waals surface area contributed by atoms with Crippen molar-refractivity contribution >= 4 is 22.8 Å². The third kappa shape index (κ3) is 2.83. The van der Waals surface area contributed by atoms with Gasteiger partial charge in [-0.05, 0) is 48.4 Å². The molecule has 0 saturated heterocycles. The number of hydrogen-bond acceptors (Lipinski definition) is 4. The van der Waals surface area contributed by atoms with Crippen molar-refractivity contribution in [3.05, 3.63) is 65.4 Å². The smallest absolute Gasteiger partial charge is 0.189 e. The molecule has 0 spiro atoms. The summed E-state index contributed by atoms with van der Waals surface area (Å²) in [6.07, 6.45) is 4.71. The summed E-state index contributed by atoms with van der Waals surface area (Å²) in [4.78, 5) is 12.3. The number of hydrogen-bond donors (Lipinski definition) is 1. The summed E-state index contributed by atoms with van der Waals surface area (Å²) in [7, 11) is 1.60. The minimum Gasteiger partial charge on any atom is -0.506 e. The Morgan fingerprint density at radius 1 is 1.17 bits per heavy atom. The largest absolute Gasteiger partial charge is 0.506 e. The summed E-state index contributed by atoms with van der Waals surface area (Å²) in [6, 6.07) is 10.6. The molecule has 3 rings (SSSR count). The van der Waals surface area contributed by atoms with Crippen LogP contribution in [-0.2, 0) is 0 Å². The van der Waals surface area contributed by atoms with E-state index in [9.17, 15) is 9.90 Å². The second-order valence-corrected chi connectivity index (χ2v) is 5.22. The number of allylic oxidation sites excluding steroid dienone is 1. The fraction of sp³-hybridized carbons (Fsp3) is 0.105. The van der Waals surface area contributed by atoms with E-state index in [1.54, 1.807) is 31.6 Å². The van der Waals surface area contributed by atoms with Gasteiger partial charge in [0.15, 0.2) is 5.78 Å². The van der Waals surface area contributed by atoms with E-state index in [-0.39, 0.29) is 17.1 Å². The number of fused-ring (bicyclic) bond motifs is 1. The Kier molecular flexibility index (Phi) is 3.89. The summed E-state index contributed by atoms with van der Waals surface area (Å²) >= 11 is 0. The molecule has 116 valence electrons. The molecule has 4 heteroatoms. The van der Waals surface area contributed by atoms with Gasteiger partial charge in [-0.25, -0.2) is 0 Å². The molecule has 1 aromatic heterocycles. The molecule has 0 aliphatic heterocycles. The highest BCUT2D eigenvalue weighted by Crippen LogP contribution is 2.33. The fourth-order valence-corrected chi connectivity index (χ4v) is 2.44. The number of carbonyl (C=O) groups is 1. The molecule has 2 aromatic carbocycles. The minimum absolute atomic E-state index is 0.0434. The van der Waals surface area contributed by atoms with Crippen LogP contribution in [0.2, 0.25) is 0 Å². The summed E-state index contributed by atoms with van der Waals surface area (Å²) in [6.45, 7) is 1.83. The number of ketones is 1. The number of carbonyl (C=O) groups excluding carboxylic acids is 1. The first-order valence-corrected chi connectivity index (χ1v) is 7.16. The SMILES string of the molecule is COc1ccc(/C=C/C(=O)c2ccc3occ(C)c3c2O)cc1. The summed E-state index contributed by atoms with van der Waals surface area (Å²) in [5, 5.41) is 10.9. The van der Waals surface area contributed by atoms with E-state index in [1.165, 1.54) is 6.08 Å². The maximum Gasteiger partial charge on any atom is 0.189 e. The van der Waals surface area contributed by atoms with Gasteiger partial charge in [-0.15, -0.1) is 0 Å². The molecule has 0 aliphatic rings. The lowest BCUT2D eigenvalue weighted by atomic mass is 10.0. The maximum atomic E-state index is 12.3. The lowest BCUT2D eigenvalue weighted by Gasteiger charge is -2.03. The molecule has 0 bridgehead atoms. The zero-order chi connectivity index (χ0) is 16.4. The molecule has 0 amide bonds. The monoisotopic (exact) mass is 308 g/mol. The van der Waals surface area contributed by atoms with E-state index in [2.05, 4.69) is 0 Å². The van der Waals surface area contributed by atoms with Crippen LogP contribution in [0.4, 0.5) is 0 Å². The first kappa shape index (κ1) is 14.9. The van der Waals surface area contributed by atoms with Crippen molar-refractivity contribution in [1.29, 1.82) is 0 Å². The summed E-state index contributed by atoms with van der Waals surface area (Å²) < 4.78 is 10.4. The van der Waals surface area contributed by atoms with Gasteiger partial charge in [0.1, 0.15) is 17.1 Å². The van der Waals surface area contributed by atoms with Gasteiger partial charge in [0.2, 0.25) is 0 Å². The number of ether oxygens (including phenoxy) is 1. The van der Waals surface area contributed by atoms with Crippen molar-refractivity contribution in [2.45, 2.75) is 6.92 Å². The number of rotatable bonds is 4. The number of phenolic OH excluding ortho intramolecular Hbond substituents is 1. The van der Waals surface area contributed by atoms with Crippen molar-refractivity contribution < 1.29 is 19.1 Å². The predicted octanol–water partition coefficient (Wildman–Crippen LogP) is 4.35. The van der Waals surface area contributed by atoms with Gasteiger partial charge in [-0.1, -0.05) is 18.2 Å². The number of furan rings is 1. The van der Waals surface area contributed by atoms with Crippen LogP contribution in [0, 0.1) is 6.92 Å². The van der Waals surface area contributed by atoms with Crippen LogP contribution in [-0.4, -0.2) is 18.0 Å². The Labute approximate surface area is 133 Å². The van der Waals surface area contributed by atoms with E-state index >= 15 is 0 Å². The van der Waals surface area contributed by atoms with Crippen LogP contribution in [0.3, 0.4) is 0 Å². The molecule has 23 heavy (non-hydrogen) atoms. The van der Waals surface area contributed by atoms with E-state index in [4.69, 9.17) is 9.15 Å². The fourth-order valence-electron chi connectivity index (χ4n) is 2.44. The molecule has 0 aliphatic carbocycles. The average Bonchev–Trinajstić information content (AvgIpc) is 2.95. The molecule has 0 atom stereocenters. The van der Waals surface area contributed by atoms with Crippen molar-refractivity contribution in [3.8, 4) is 11.5 Å². The van der Waals surface area contributed by atoms with E-state index in [0.29, 0.717) is 11.0 Å². The molecule has 4 nitrogen and oxygen atoms in total. The molecule has 0 saturated carbocycles. The first-order valence-electron chi connectivity index (χ1n) is 7.16. The summed E-state index contributed by atoms with van der Waals surface area (Å²) in [5.74, 6) is 0.450. The van der Waals surface area contributed by atoms with Crippen LogP contribution < -0.4 is 4.74 Å². The van der Waals surface area contributed by atoms with Crippen LogP contribution in [0.1, 0.15) is 21.5 Å². The second-order valence-electron chi connectivity index (χ2n) is 5.22. The highest BCUT2D eigenvalue weighted by molar-refractivity contribution is 6.11. The molecule has 1 N–H and O–H groups in total. The lowest BCUT2D eigenvalue weighted by Crippen LogP contribution is -1.95. The molecule has 0 fully saturated rings. The van der Waals surface area contributed by atoms with Gasteiger partial charge < -0.3 is 14.3 Å². The van der Waals surface area contributed by atoms with Crippen LogP contribution >= 0.6 is 0 Å². The molecular weight excluding hydrogens is 292 g/mol. The van der Waals surface area contributed by atoms with Crippen molar-refractivity contribution in [2.24, 2.45) is 0 Å². The number of benzene rings is 2. The van der Waals surface area contributed by atoms with Gasteiger partial charge in [-0.3, -0.25) is 4.79 Å². The third-order valence-electron chi connectivity index (χ3n) is 3.71. The van der Waals surface area contributed by atoms with Gasteiger partial charge in [-0.2, -0.15) is 0 Å². The summed E-state index contributed by atoms with van der Waals surface area (Å²) in [5.41, 5.74) is 2.49. The Morgan fingerprint density at radius 2 is 1.91 bits per heavy atom. The topological polar surface area (TPSA) is 59.7 Å². The number of aromatic hydroxyl groups is 1. The van der Waals surface area contributed by atoms with E-state index < -0.39 is 0 Å². The second kappa shape index (κ2) is 6.01. The Morgan fingerprint density at radius 3 is 2.61 bits per heavy atom. The number of phenols is 1. The van der Waals surface area contributed by atoms with Gasteiger partial charge in [0, 0.05) is 0 Å². The van der Waals surface area contributed by atoms with Gasteiger partial charge in [0.05, 0.1) is 24.3 Å². The van der Waals surface area contributed by atoms with Crippen molar-refractivity contribution in [2.75, 3.05) is 7.11 Å². The quantitative estimate of drug-likeness (QED) is 0.575. The number of aryl methyl sites for hydroxylation is 1. The molecule has 0 unspecified atom stereocenters. The van der Waals surface area contributed by atoms with Crippen LogP contribution in [0.25, 0.3) is 17.0 Å². The highest BCUT2D eigenvalue weighted by Gasteiger charge is 2.15. The van der Waals surface area contributed by atoms with E-state index in [0.717, 1.165) is 16.9 Å². The van der Waals surface area contributed by atoms with Crippen LogP contribution in [0.5, 0.6) is 11.5 Å². The van der Waals surface area contributed by atoms with Gasteiger partial charge >= 0.3 is 0 Å². The lowest BCUT2D eigenvalue weighted by molar-refractivity contribution is 0.104. The Balaban J connectivity index is 1.89. The molecule has 3 aromatic rings. The molecule has 1 heterocycles. The van der Waals surface area contributed by atoms with Gasteiger partial charge in [0.25, 0.3) is 0 Å². The normalized spacial score (nSPS) is 11.2. The predicted molar refractivity (Wildman–Crippen MR) is 89.0 cm³/mol. The third-order valence-corrected chi connectivity index (χ3v) is 3.71. The maximum absolute atomic E-state index is 12.3. The van der Waals surface area contributed by atoms with Crippen LogP contribution in [0.15, 0.2) is 53.2 Å². The molecule has 0 radical (unpaired) electrons. The van der Waals surface area contributed by atoms with Crippen molar-refractivity contribution in [3.63, 3.8) is 0 Å². The Hall–Kier alpha value is -3.01. The average molecular weight is 308 g/mol. The van der Waals surface area contributed by atoms with E-state index in [1.807, 2.05) is 31.2 Å².